The van der Waals surface area contributed by atoms with Crippen LogP contribution in [0.4, 0.5) is 11.4 Å². The van der Waals surface area contributed by atoms with Crippen LogP contribution in [0.2, 0.25) is 0 Å². The maximum Gasteiger partial charge on any atom is 0.221 e. The smallest absolute Gasteiger partial charge is 0.221 e. The van der Waals surface area contributed by atoms with E-state index in [0.29, 0.717) is 24.7 Å². The minimum absolute atomic E-state index is 0.0944. The molecule has 0 bridgehead atoms. The van der Waals surface area contributed by atoms with Crippen LogP contribution in [-0.4, -0.2) is 23.5 Å². The van der Waals surface area contributed by atoms with E-state index in [1.807, 2.05) is 24.3 Å². The van der Waals surface area contributed by atoms with Gasteiger partial charge in [0.25, 0.3) is 0 Å². The second-order valence-electron chi connectivity index (χ2n) is 5.12. The van der Waals surface area contributed by atoms with Gasteiger partial charge in [0.2, 0.25) is 5.91 Å². The van der Waals surface area contributed by atoms with E-state index in [-0.39, 0.29) is 5.91 Å². The van der Waals surface area contributed by atoms with Crippen LogP contribution in [0.3, 0.4) is 0 Å². The number of nitrogen functional groups attached to an aromatic ring is 1. The summed E-state index contributed by atoms with van der Waals surface area (Å²) in [7, 11) is 0. The molecule has 0 atom stereocenters. The number of hydrogen-bond acceptors (Lipinski definition) is 4. The monoisotopic (exact) mass is 270 g/mol. The first-order valence-corrected chi connectivity index (χ1v) is 6.90. The predicted octanol–water partition coefficient (Wildman–Crippen LogP) is 1.90. The molecule has 4 N–H and O–H groups in total. The van der Waals surface area contributed by atoms with E-state index in [4.69, 9.17) is 5.73 Å². The van der Waals surface area contributed by atoms with Crippen molar-refractivity contribution in [3.63, 3.8) is 0 Å². The second kappa shape index (κ2) is 5.36. The minimum atomic E-state index is 0.0944. The Morgan fingerprint density at radius 1 is 1.35 bits per heavy atom. The van der Waals surface area contributed by atoms with Gasteiger partial charge >= 0.3 is 0 Å². The summed E-state index contributed by atoms with van der Waals surface area (Å²) < 4.78 is 0. The number of nitrogens with zero attached hydrogens (tertiary/aromatic N) is 1. The molecule has 1 fully saturated rings. The largest absolute Gasteiger partial charge is 0.396 e. The van der Waals surface area contributed by atoms with Crippen LogP contribution >= 0.6 is 0 Å². The standard InChI is InChI=1S/C15H18N4O/c16-12-9-18-13-4-2-1-3-11(13)15(12)17-8-7-14(20)19-10-5-6-10/h1-4,9-10H,5-8,16H2,(H,17,18)(H,19,20). The number of para-hydroxylation sites is 1. The molecule has 1 heterocycles. The second-order valence-corrected chi connectivity index (χ2v) is 5.12. The van der Waals surface area contributed by atoms with Gasteiger partial charge in [-0.2, -0.15) is 0 Å². The van der Waals surface area contributed by atoms with Gasteiger partial charge in [0, 0.05) is 24.4 Å². The van der Waals surface area contributed by atoms with Crippen molar-refractivity contribution >= 4 is 28.2 Å². The Balaban J connectivity index is 1.67. The zero-order valence-electron chi connectivity index (χ0n) is 11.2. The maximum atomic E-state index is 11.6. The first kappa shape index (κ1) is 12.7. The third kappa shape index (κ3) is 2.82. The Labute approximate surface area is 117 Å². The van der Waals surface area contributed by atoms with E-state index in [9.17, 15) is 4.79 Å². The van der Waals surface area contributed by atoms with E-state index in [2.05, 4.69) is 15.6 Å². The first-order chi connectivity index (χ1) is 9.74. The third-order valence-electron chi connectivity index (χ3n) is 3.40. The molecule has 1 aliphatic rings. The summed E-state index contributed by atoms with van der Waals surface area (Å²) in [5.74, 6) is 0.0944. The average Bonchev–Trinajstić information content (AvgIpc) is 3.25. The van der Waals surface area contributed by atoms with E-state index in [1.165, 1.54) is 0 Å². The van der Waals surface area contributed by atoms with Gasteiger partial charge in [-0.15, -0.1) is 0 Å². The summed E-state index contributed by atoms with van der Waals surface area (Å²) in [6.07, 6.45) is 4.32. The van der Waals surface area contributed by atoms with Crippen LogP contribution in [0.25, 0.3) is 10.9 Å². The van der Waals surface area contributed by atoms with Gasteiger partial charge in [0.15, 0.2) is 0 Å². The molecule has 20 heavy (non-hydrogen) atoms. The number of fused-ring (bicyclic) bond motifs is 1. The molecule has 5 heteroatoms. The van der Waals surface area contributed by atoms with Crippen molar-refractivity contribution in [1.82, 2.24) is 10.3 Å². The number of anilines is 2. The number of aromatic nitrogens is 1. The van der Waals surface area contributed by atoms with Crippen LogP contribution in [0.15, 0.2) is 30.5 Å². The van der Waals surface area contributed by atoms with Crippen molar-refractivity contribution in [3.8, 4) is 0 Å². The van der Waals surface area contributed by atoms with E-state index >= 15 is 0 Å². The SMILES string of the molecule is Nc1cnc2ccccc2c1NCCC(=O)NC1CC1. The van der Waals surface area contributed by atoms with Gasteiger partial charge in [0.1, 0.15) is 0 Å². The highest BCUT2D eigenvalue weighted by Gasteiger charge is 2.22. The molecular formula is C15H18N4O. The zero-order valence-corrected chi connectivity index (χ0v) is 11.2. The number of rotatable bonds is 5. The number of nitrogens with one attached hydrogen (secondary N) is 2. The van der Waals surface area contributed by atoms with Crippen LogP contribution in [0, 0.1) is 0 Å². The fourth-order valence-corrected chi connectivity index (χ4v) is 2.18. The first-order valence-electron chi connectivity index (χ1n) is 6.90. The summed E-state index contributed by atoms with van der Waals surface area (Å²) in [6.45, 7) is 0.566. The lowest BCUT2D eigenvalue weighted by molar-refractivity contribution is -0.120. The van der Waals surface area contributed by atoms with Crippen LogP contribution < -0.4 is 16.4 Å². The quantitative estimate of drug-likeness (QED) is 0.775. The van der Waals surface area contributed by atoms with Crippen molar-refractivity contribution in [3.05, 3.63) is 30.5 Å². The van der Waals surface area contributed by atoms with Gasteiger partial charge < -0.3 is 16.4 Å². The number of carbonyl (C=O) groups excluding carboxylic acids is 1. The molecule has 3 rings (SSSR count). The molecule has 104 valence electrons. The molecule has 1 saturated carbocycles. The third-order valence-corrected chi connectivity index (χ3v) is 3.40. The molecule has 1 amide bonds. The van der Waals surface area contributed by atoms with Crippen LogP contribution in [-0.2, 0) is 4.79 Å². The van der Waals surface area contributed by atoms with E-state index < -0.39 is 0 Å². The highest BCUT2D eigenvalue weighted by atomic mass is 16.1. The minimum Gasteiger partial charge on any atom is -0.396 e. The predicted molar refractivity (Wildman–Crippen MR) is 80.4 cm³/mol. The Hall–Kier alpha value is -2.30. The lowest BCUT2D eigenvalue weighted by Gasteiger charge is -2.12. The van der Waals surface area contributed by atoms with Crippen LogP contribution in [0.5, 0.6) is 0 Å². The highest BCUT2D eigenvalue weighted by molar-refractivity contribution is 5.96. The molecule has 0 spiro atoms. The van der Waals surface area contributed by atoms with Gasteiger partial charge in [0.05, 0.1) is 23.1 Å². The van der Waals surface area contributed by atoms with Gasteiger partial charge in [-0.3, -0.25) is 9.78 Å². The summed E-state index contributed by atoms with van der Waals surface area (Å²) in [4.78, 5) is 15.9. The summed E-state index contributed by atoms with van der Waals surface area (Å²) >= 11 is 0. The normalized spacial score (nSPS) is 14.2. The fourth-order valence-electron chi connectivity index (χ4n) is 2.18. The Kier molecular flexibility index (Phi) is 3.41. The molecule has 0 unspecified atom stereocenters. The molecule has 0 saturated heterocycles. The lowest BCUT2D eigenvalue weighted by atomic mass is 10.1. The van der Waals surface area contributed by atoms with Crippen LogP contribution in [0.1, 0.15) is 19.3 Å². The molecule has 2 aromatic rings. The van der Waals surface area contributed by atoms with E-state index in [1.54, 1.807) is 6.20 Å². The van der Waals surface area contributed by atoms with Gasteiger partial charge in [-0.25, -0.2) is 0 Å². The summed E-state index contributed by atoms with van der Waals surface area (Å²) in [6, 6.07) is 8.23. The molecule has 0 radical (unpaired) electrons. The molecular weight excluding hydrogens is 252 g/mol. The number of pyridine rings is 1. The summed E-state index contributed by atoms with van der Waals surface area (Å²) in [5, 5.41) is 7.21. The number of benzene rings is 1. The van der Waals surface area contributed by atoms with Gasteiger partial charge in [-0.1, -0.05) is 18.2 Å². The Morgan fingerprint density at radius 3 is 2.95 bits per heavy atom. The molecule has 5 nitrogen and oxygen atoms in total. The van der Waals surface area contributed by atoms with Crippen molar-refractivity contribution < 1.29 is 4.79 Å². The molecule has 1 aromatic heterocycles. The van der Waals surface area contributed by atoms with Crippen molar-refractivity contribution in [2.75, 3.05) is 17.6 Å². The van der Waals surface area contributed by atoms with Gasteiger partial charge in [-0.05, 0) is 18.9 Å². The van der Waals surface area contributed by atoms with Crippen molar-refractivity contribution in [2.45, 2.75) is 25.3 Å². The number of nitrogens with two attached hydrogens (primary N) is 1. The number of carbonyl (C=O) groups is 1. The molecule has 0 aliphatic heterocycles. The Morgan fingerprint density at radius 2 is 2.15 bits per heavy atom. The summed E-state index contributed by atoms with van der Waals surface area (Å²) in [5.41, 5.74) is 8.32. The van der Waals surface area contributed by atoms with Crippen molar-refractivity contribution in [1.29, 1.82) is 0 Å². The molecule has 1 aliphatic carbocycles. The Bertz CT molecular complexity index is 637. The average molecular weight is 270 g/mol. The number of hydrogen-bond donors (Lipinski definition) is 3. The van der Waals surface area contributed by atoms with Crippen molar-refractivity contribution in [2.24, 2.45) is 0 Å². The highest BCUT2D eigenvalue weighted by Crippen LogP contribution is 2.27. The molecule has 1 aromatic carbocycles. The topological polar surface area (TPSA) is 80.0 Å². The lowest BCUT2D eigenvalue weighted by Crippen LogP contribution is -2.27. The number of amides is 1. The zero-order chi connectivity index (χ0) is 13.9. The van der Waals surface area contributed by atoms with E-state index in [0.717, 1.165) is 29.4 Å². The fraction of sp³-hybridized carbons (Fsp3) is 0.333. The maximum absolute atomic E-state index is 11.6.